The van der Waals surface area contributed by atoms with E-state index in [1.54, 1.807) is 30.6 Å². The molecule has 1 N–H and O–H groups in total. The maximum Gasteiger partial charge on any atom is 0.274 e. The molecule has 4 aromatic rings. The summed E-state index contributed by atoms with van der Waals surface area (Å²) in [5.41, 5.74) is 3.02. The molecule has 0 unspecified atom stereocenters. The van der Waals surface area contributed by atoms with Crippen molar-refractivity contribution in [3.05, 3.63) is 67.8 Å². The minimum absolute atomic E-state index is 0.128. The summed E-state index contributed by atoms with van der Waals surface area (Å²) >= 11 is 7.30. The maximum atomic E-state index is 12.7. The molecule has 0 atom stereocenters. The lowest BCUT2D eigenvalue weighted by molar-refractivity contribution is 0.373. The standard InChI is InChI=1S/C19H14ClN3O3S/c1-10-5-12(3-4-21-10)14-9-23-18(25)16(27-19(23)22-14)8-11-6-13(20)17(24)15(7-11)26-2/h3-9,24H,1-2H3/b16-8-. The fraction of sp³-hybridized carbons (Fsp3) is 0.105. The zero-order valence-corrected chi connectivity index (χ0v) is 16.0. The molecule has 0 radical (unpaired) electrons. The largest absolute Gasteiger partial charge is 0.503 e. The van der Waals surface area contributed by atoms with Gasteiger partial charge >= 0.3 is 0 Å². The monoisotopic (exact) mass is 399 g/mol. The molecule has 6 nitrogen and oxygen atoms in total. The van der Waals surface area contributed by atoms with E-state index in [2.05, 4.69) is 9.97 Å². The minimum Gasteiger partial charge on any atom is -0.503 e. The Labute approximate surface area is 163 Å². The number of halogens is 1. The number of benzene rings is 1. The van der Waals surface area contributed by atoms with Gasteiger partial charge in [0.05, 0.1) is 22.4 Å². The highest BCUT2D eigenvalue weighted by Gasteiger charge is 2.12. The van der Waals surface area contributed by atoms with Crippen LogP contribution in [0, 0.1) is 6.92 Å². The van der Waals surface area contributed by atoms with Crippen molar-refractivity contribution in [2.24, 2.45) is 0 Å². The first-order valence-corrected chi connectivity index (χ1v) is 9.19. The van der Waals surface area contributed by atoms with Gasteiger partial charge < -0.3 is 9.84 Å². The van der Waals surface area contributed by atoms with Crippen LogP contribution in [0.1, 0.15) is 11.3 Å². The molecular formula is C19H14ClN3O3S. The van der Waals surface area contributed by atoms with E-state index in [-0.39, 0.29) is 22.1 Å². The van der Waals surface area contributed by atoms with Gasteiger partial charge in [-0.15, -0.1) is 0 Å². The Kier molecular flexibility index (Phi) is 4.33. The van der Waals surface area contributed by atoms with E-state index < -0.39 is 0 Å². The van der Waals surface area contributed by atoms with Crippen LogP contribution in [0.5, 0.6) is 11.5 Å². The average molecular weight is 400 g/mol. The second-order valence-corrected chi connectivity index (χ2v) is 7.35. The molecule has 0 saturated carbocycles. The van der Waals surface area contributed by atoms with E-state index >= 15 is 0 Å². The van der Waals surface area contributed by atoms with Crippen molar-refractivity contribution >= 4 is 34.0 Å². The van der Waals surface area contributed by atoms with Crippen molar-refractivity contribution in [3.63, 3.8) is 0 Å². The van der Waals surface area contributed by atoms with E-state index in [0.29, 0.717) is 15.1 Å². The predicted octanol–water partition coefficient (Wildman–Crippen LogP) is 3.04. The van der Waals surface area contributed by atoms with E-state index in [9.17, 15) is 9.90 Å². The van der Waals surface area contributed by atoms with Gasteiger partial charge in [0.15, 0.2) is 16.5 Å². The third-order valence-electron chi connectivity index (χ3n) is 4.07. The fourth-order valence-electron chi connectivity index (χ4n) is 2.76. The second-order valence-electron chi connectivity index (χ2n) is 5.93. The Balaban J connectivity index is 1.82. The summed E-state index contributed by atoms with van der Waals surface area (Å²) < 4.78 is 7.14. The number of thiazole rings is 1. The molecule has 0 aliphatic heterocycles. The Morgan fingerprint density at radius 2 is 2.15 bits per heavy atom. The van der Waals surface area contributed by atoms with Crippen molar-refractivity contribution in [3.8, 4) is 22.8 Å². The molecule has 1 aromatic carbocycles. The minimum atomic E-state index is -0.164. The Morgan fingerprint density at radius 1 is 1.33 bits per heavy atom. The van der Waals surface area contributed by atoms with Crippen molar-refractivity contribution in [2.75, 3.05) is 7.11 Å². The van der Waals surface area contributed by atoms with Gasteiger partial charge in [-0.05, 0) is 42.8 Å². The number of pyridine rings is 1. The van der Waals surface area contributed by atoms with Gasteiger partial charge in [-0.25, -0.2) is 4.98 Å². The Morgan fingerprint density at radius 3 is 2.85 bits per heavy atom. The number of nitrogens with zero attached hydrogens (tertiary/aromatic N) is 3. The molecule has 27 heavy (non-hydrogen) atoms. The number of phenols is 1. The zero-order valence-electron chi connectivity index (χ0n) is 14.4. The number of rotatable bonds is 3. The second kappa shape index (κ2) is 6.68. The van der Waals surface area contributed by atoms with E-state index in [1.165, 1.54) is 22.8 Å². The summed E-state index contributed by atoms with van der Waals surface area (Å²) in [5, 5.41) is 9.99. The summed E-state index contributed by atoms with van der Waals surface area (Å²) in [4.78, 5) is 22.1. The molecule has 136 valence electrons. The summed E-state index contributed by atoms with van der Waals surface area (Å²) in [6.45, 7) is 1.91. The zero-order chi connectivity index (χ0) is 19.1. The third-order valence-corrected chi connectivity index (χ3v) is 5.34. The summed E-state index contributed by atoms with van der Waals surface area (Å²) in [6.07, 6.45) is 5.15. The summed E-state index contributed by atoms with van der Waals surface area (Å²) in [6, 6.07) is 6.98. The van der Waals surface area contributed by atoms with Crippen LogP contribution in [-0.4, -0.2) is 26.6 Å². The number of fused-ring (bicyclic) bond motifs is 1. The number of hydrogen-bond donors (Lipinski definition) is 1. The molecule has 0 aliphatic carbocycles. The first kappa shape index (κ1) is 17.5. The van der Waals surface area contributed by atoms with Crippen LogP contribution < -0.4 is 14.8 Å². The number of hydrogen-bond acceptors (Lipinski definition) is 6. The van der Waals surface area contributed by atoms with E-state index in [0.717, 1.165) is 17.0 Å². The molecule has 0 aliphatic rings. The number of aromatic hydroxyl groups is 1. The molecule has 3 heterocycles. The fourth-order valence-corrected chi connectivity index (χ4v) is 3.94. The number of aromatic nitrogens is 3. The highest BCUT2D eigenvalue weighted by atomic mass is 35.5. The Bertz CT molecular complexity index is 1280. The first-order chi connectivity index (χ1) is 13.0. The number of phenolic OH excluding ortho intramolecular Hbond substituents is 1. The lowest BCUT2D eigenvalue weighted by Crippen LogP contribution is -2.22. The van der Waals surface area contributed by atoms with Crippen LogP contribution in [0.15, 0.2) is 41.5 Å². The maximum absolute atomic E-state index is 12.7. The van der Waals surface area contributed by atoms with Crippen molar-refractivity contribution in [2.45, 2.75) is 6.92 Å². The van der Waals surface area contributed by atoms with E-state index in [4.69, 9.17) is 16.3 Å². The number of ether oxygens (including phenoxy) is 1. The first-order valence-electron chi connectivity index (χ1n) is 7.99. The van der Waals surface area contributed by atoms with Crippen LogP contribution in [0.4, 0.5) is 0 Å². The highest BCUT2D eigenvalue weighted by molar-refractivity contribution is 7.15. The molecule has 3 aromatic heterocycles. The van der Waals surface area contributed by atoms with Gasteiger partial charge in [-0.3, -0.25) is 14.2 Å². The molecule has 0 bridgehead atoms. The van der Waals surface area contributed by atoms with Crippen LogP contribution in [0.2, 0.25) is 5.02 Å². The molecule has 0 amide bonds. The summed E-state index contributed by atoms with van der Waals surface area (Å²) in [5.74, 6) is 0.120. The third kappa shape index (κ3) is 3.15. The number of methoxy groups -OCH3 is 1. The van der Waals surface area contributed by atoms with Gasteiger partial charge in [-0.2, -0.15) is 0 Å². The van der Waals surface area contributed by atoms with Gasteiger partial charge in [0.25, 0.3) is 5.56 Å². The topological polar surface area (TPSA) is 76.7 Å². The number of imidazole rings is 1. The SMILES string of the molecule is COc1cc(/C=c2\sc3nc(-c4ccnc(C)c4)cn3c2=O)cc(Cl)c1O. The van der Waals surface area contributed by atoms with Gasteiger partial charge in [-0.1, -0.05) is 22.9 Å². The molecule has 0 spiro atoms. The van der Waals surface area contributed by atoms with Crippen molar-refractivity contribution < 1.29 is 9.84 Å². The lowest BCUT2D eigenvalue weighted by Gasteiger charge is -2.05. The van der Waals surface area contributed by atoms with Crippen LogP contribution in [-0.2, 0) is 0 Å². The normalized spacial score (nSPS) is 12.0. The van der Waals surface area contributed by atoms with Gasteiger partial charge in [0.2, 0.25) is 0 Å². The molecule has 4 rings (SSSR count). The molecular weight excluding hydrogens is 386 g/mol. The van der Waals surface area contributed by atoms with Crippen LogP contribution >= 0.6 is 22.9 Å². The van der Waals surface area contributed by atoms with Crippen LogP contribution in [0.3, 0.4) is 0 Å². The average Bonchev–Trinajstić information content (AvgIpc) is 3.18. The lowest BCUT2D eigenvalue weighted by atomic mass is 10.2. The van der Waals surface area contributed by atoms with Crippen LogP contribution in [0.25, 0.3) is 22.3 Å². The van der Waals surface area contributed by atoms with Gasteiger partial charge in [0.1, 0.15) is 0 Å². The Hall–Kier alpha value is -2.90. The summed E-state index contributed by atoms with van der Waals surface area (Å²) in [7, 11) is 1.44. The van der Waals surface area contributed by atoms with Gasteiger partial charge in [0, 0.05) is 23.7 Å². The predicted molar refractivity (Wildman–Crippen MR) is 106 cm³/mol. The van der Waals surface area contributed by atoms with Crippen molar-refractivity contribution in [1.82, 2.24) is 14.4 Å². The molecule has 8 heteroatoms. The van der Waals surface area contributed by atoms with E-state index in [1.807, 2.05) is 19.1 Å². The number of aryl methyl sites for hydroxylation is 1. The van der Waals surface area contributed by atoms with Crippen molar-refractivity contribution in [1.29, 1.82) is 0 Å². The molecule has 0 fully saturated rings. The molecule has 0 saturated heterocycles. The highest BCUT2D eigenvalue weighted by Crippen LogP contribution is 2.35. The quantitative estimate of drug-likeness (QED) is 0.573. The smallest absolute Gasteiger partial charge is 0.274 e.